The molecule has 6 heteroatoms. The first-order valence-corrected chi connectivity index (χ1v) is 6.22. The molecule has 2 rings (SSSR count). The number of rotatable bonds is 3. The molecule has 1 aliphatic rings. The lowest BCUT2D eigenvalue weighted by Gasteiger charge is -2.32. The summed E-state index contributed by atoms with van der Waals surface area (Å²) in [4.78, 5) is 7.79. The van der Waals surface area contributed by atoms with Crippen LogP contribution >= 0.6 is 11.6 Å². The van der Waals surface area contributed by atoms with E-state index in [4.69, 9.17) is 17.3 Å². The normalized spacial score (nSPS) is 18.9. The average Bonchev–Trinajstić information content (AvgIpc) is 2.26. The molecule has 1 aliphatic carbocycles. The SMILES string of the molecule is Nc1nc(Cl)cc(NCC2(O)CCCCC2)n1. The van der Waals surface area contributed by atoms with Crippen LogP contribution in [0, 0.1) is 0 Å². The highest BCUT2D eigenvalue weighted by atomic mass is 35.5. The summed E-state index contributed by atoms with van der Waals surface area (Å²) in [7, 11) is 0. The minimum atomic E-state index is -0.634. The summed E-state index contributed by atoms with van der Waals surface area (Å²) in [6, 6.07) is 1.60. The zero-order chi connectivity index (χ0) is 12.3. The van der Waals surface area contributed by atoms with Gasteiger partial charge in [-0.1, -0.05) is 30.9 Å². The van der Waals surface area contributed by atoms with Crippen molar-refractivity contribution < 1.29 is 5.11 Å². The number of nitrogen functional groups attached to an aromatic ring is 1. The number of nitrogens with one attached hydrogen (secondary N) is 1. The van der Waals surface area contributed by atoms with Crippen molar-refractivity contribution in [3.05, 3.63) is 11.2 Å². The third-order valence-electron chi connectivity index (χ3n) is 3.10. The highest BCUT2D eigenvalue weighted by molar-refractivity contribution is 6.29. The van der Waals surface area contributed by atoms with Crippen LogP contribution in [0.15, 0.2) is 6.07 Å². The van der Waals surface area contributed by atoms with Crippen molar-refractivity contribution in [2.24, 2.45) is 0 Å². The molecule has 1 aromatic heterocycles. The number of hydrogen-bond donors (Lipinski definition) is 3. The molecule has 1 heterocycles. The number of aromatic nitrogens is 2. The van der Waals surface area contributed by atoms with Gasteiger partial charge in [0.2, 0.25) is 5.95 Å². The number of halogens is 1. The van der Waals surface area contributed by atoms with E-state index in [0.717, 1.165) is 25.7 Å². The molecular formula is C11H17ClN4O. The van der Waals surface area contributed by atoms with Gasteiger partial charge in [0.05, 0.1) is 5.60 Å². The zero-order valence-corrected chi connectivity index (χ0v) is 10.4. The Bertz CT molecular complexity index is 373. The van der Waals surface area contributed by atoms with Crippen molar-refractivity contribution in [2.75, 3.05) is 17.6 Å². The largest absolute Gasteiger partial charge is 0.388 e. The molecule has 0 saturated heterocycles. The number of hydrogen-bond acceptors (Lipinski definition) is 5. The lowest BCUT2D eigenvalue weighted by atomic mass is 9.85. The van der Waals surface area contributed by atoms with Crippen molar-refractivity contribution >= 4 is 23.4 Å². The molecule has 0 radical (unpaired) electrons. The predicted octanol–water partition coefficient (Wildman–Crippen LogP) is 1.82. The van der Waals surface area contributed by atoms with E-state index in [1.807, 2.05) is 0 Å². The summed E-state index contributed by atoms with van der Waals surface area (Å²) < 4.78 is 0. The molecule has 4 N–H and O–H groups in total. The fourth-order valence-corrected chi connectivity index (χ4v) is 2.36. The average molecular weight is 257 g/mol. The minimum Gasteiger partial charge on any atom is -0.388 e. The summed E-state index contributed by atoms with van der Waals surface area (Å²) in [5, 5.41) is 13.7. The maximum Gasteiger partial charge on any atom is 0.223 e. The molecular weight excluding hydrogens is 240 g/mol. The summed E-state index contributed by atoms with van der Waals surface area (Å²) in [6.07, 6.45) is 5.01. The van der Waals surface area contributed by atoms with Crippen molar-refractivity contribution in [3.8, 4) is 0 Å². The van der Waals surface area contributed by atoms with Gasteiger partial charge in [0.15, 0.2) is 0 Å². The topological polar surface area (TPSA) is 84.1 Å². The van der Waals surface area contributed by atoms with Crippen molar-refractivity contribution in [2.45, 2.75) is 37.7 Å². The van der Waals surface area contributed by atoms with Crippen LogP contribution in [0.4, 0.5) is 11.8 Å². The van der Waals surface area contributed by atoms with Gasteiger partial charge in [-0.2, -0.15) is 4.98 Å². The highest BCUT2D eigenvalue weighted by Gasteiger charge is 2.28. The van der Waals surface area contributed by atoms with Crippen LogP contribution in [0.1, 0.15) is 32.1 Å². The van der Waals surface area contributed by atoms with Crippen LogP contribution in [0.5, 0.6) is 0 Å². The molecule has 1 aromatic rings. The molecule has 0 amide bonds. The number of aliphatic hydroxyl groups is 1. The van der Waals surface area contributed by atoms with Crippen LogP contribution in [-0.4, -0.2) is 27.2 Å². The van der Waals surface area contributed by atoms with E-state index in [2.05, 4.69) is 15.3 Å². The molecule has 0 spiro atoms. The first-order chi connectivity index (χ1) is 8.07. The van der Waals surface area contributed by atoms with Crippen LogP contribution in [-0.2, 0) is 0 Å². The first kappa shape index (κ1) is 12.4. The van der Waals surface area contributed by atoms with Crippen LogP contribution < -0.4 is 11.1 Å². The second-order valence-corrected chi connectivity index (χ2v) is 4.96. The van der Waals surface area contributed by atoms with Gasteiger partial charge in [-0.3, -0.25) is 0 Å². The predicted molar refractivity (Wildman–Crippen MR) is 68.0 cm³/mol. The number of nitrogens with two attached hydrogens (primary N) is 1. The lowest BCUT2D eigenvalue weighted by Crippen LogP contribution is -2.39. The van der Waals surface area contributed by atoms with Crippen molar-refractivity contribution in [1.82, 2.24) is 9.97 Å². The van der Waals surface area contributed by atoms with Crippen molar-refractivity contribution in [3.63, 3.8) is 0 Å². The van der Waals surface area contributed by atoms with Gasteiger partial charge in [0.25, 0.3) is 0 Å². The Labute approximate surface area is 105 Å². The summed E-state index contributed by atoms with van der Waals surface area (Å²) in [5.41, 5.74) is 4.86. The van der Waals surface area contributed by atoms with Crippen molar-refractivity contribution in [1.29, 1.82) is 0 Å². The molecule has 0 unspecified atom stereocenters. The van der Waals surface area contributed by atoms with E-state index in [1.54, 1.807) is 6.07 Å². The van der Waals surface area contributed by atoms with Gasteiger partial charge in [-0.25, -0.2) is 4.98 Å². The smallest absolute Gasteiger partial charge is 0.223 e. The van der Waals surface area contributed by atoms with Crippen LogP contribution in [0.2, 0.25) is 5.15 Å². The maximum atomic E-state index is 10.3. The Morgan fingerprint density at radius 3 is 2.71 bits per heavy atom. The fourth-order valence-electron chi connectivity index (χ4n) is 2.17. The Kier molecular flexibility index (Phi) is 3.69. The van der Waals surface area contributed by atoms with E-state index in [9.17, 15) is 5.11 Å². The van der Waals surface area contributed by atoms with Crippen LogP contribution in [0.25, 0.3) is 0 Å². The summed E-state index contributed by atoms with van der Waals surface area (Å²) in [6.45, 7) is 0.472. The van der Waals surface area contributed by atoms with Gasteiger partial charge in [0.1, 0.15) is 11.0 Å². The lowest BCUT2D eigenvalue weighted by molar-refractivity contribution is 0.0166. The number of anilines is 2. The second kappa shape index (κ2) is 5.06. The van der Waals surface area contributed by atoms with Gasteiger partial charge in [-0.05, 0) is 12.8 Å². The Morgan fingerprint density at radius 1 is 1.35 bits per heavy atom. The van der Waals surface area contributed by atoms with Gasteiger partial charge in [0, 0.05) is 12.6 Å². The van der Waals surface area contributed by atoms with E-state index in [0.29, 0.717) is 17.5 Å². The molecule has 0 aliphatic heterocycles. The summed E-state index contributed by atoms with van der Waals surface area (Å²) in [5.74, 6) is 0.692. The van der Waals surface area contributed by atoms with E-state index < -0.39 is 5.60 Å². The minimum absolute atomic E-state index is 0.135. The molecule has 17 heavy (non-hydrogen) atoms. The molecule has 1 saturated carbocycles. The van der Waals surface area contributed by atoms with E-state index in [1.165, 1.54) is 6.42 Å². The molecule has 5 nitrogen and oxygen atoms in total. The van der Waals surface area contributed by atoms with Gasteiger partial charge >= 0.3 is 0 Å². The quantitative estimate of drug-likeness (QED) is 0.719. The molecule has 94 valence electrons. The second-order valence-electron chi connectivity index (χ2n) is 4.57. The summed E-state index contributed by atoms with van der Waals surface area (Å²) >= 11 is 5.77. The van der Waals surface area contributed by atoms with Gasteiger partial charge < -0.3 is 16.2 Å². The highest BCUT2D eigenvalue weighted by Crippen LogP contribution is 2.28. The Hall–Kier alpha value is -1.07. The fraction of sp³-hybridized carbons (Fsp3) is 0.636. The zero-order valence-electron chi connectivity index (χ0n) is 9.62. The first-order valence-electron chi connectivity index (χ1n) is 5.84. The molecule has 0 aromatic carbocycles. The standard InChI is InChI=1S/C11H17ClN4O/c12-8-6-9(16-10(13)15-8)14-7-11(17)4-2-1-3-5-11/h6,17H,1-5,7H2,(H3,13,14,15,16). The van der Waals surface area contributed by atoms with Crippen LogP contribution in [0.3, 0.4) is 0 Å². The number of nitrogens with zero attached hydrogens (tertiary/aromatic N) is 2. The maximum absolute atomic E-state index is 10.3. The Morgan fingerprint density at radius 2 is 2.06 bits per heavy atom. The monoisotopic (exact) mass is 256 g/mol. The van der Waals surface area contributed by atoms with Gasteiger partial charge in [-0.15, -0.1) is 0 Å². The molecule has 1 fully saturated rings. The third kappa shape index (κ3) is 3.44. The molecule has 0 bridgehead atoms. The van der Waals surface area contributed by atoms with E-state index >= 15 is 0 Å². The Balaban J connectivity index is 1.96. The van der Waals surface area contributed by atoms with E-state index in [-0.39, 0.29) is 5.95 Å². The molecule has 0 atom stereocenters. The third-order valence-corrected chi connectivity index (χ3v) is 3.29.